The van der Waals surface area contributed by atoms with Gasteiger partial charge in [0.15, 0.2) is 0 Å². The van der Waals surface area contributed by atoms with E-state index in [1.54, 1.807) is 7.11 Å². The molecule has 1 fully saturated rings. The van der Waals surface area contributed by atoms with Gasteiger partial charge in [-0.2, -0.15) is 0 Å². The van der Waals surface area contributed by atoms with Crippen molar-refractivity contribution in [2.24, 2.45) is 11.8 Å². The average molecular weight is 271 g/mol. The van der Waals surface area contributed by atoms with Crippen LogP contribution in [0.2, 0.25) is 0 Å². The fourth-order valence-electron chi connectivity index (χ4n) is 3.03. The van der Waals surface area contributed by atoms with Crippen LogP contribution in [0.5, 0.6) is 0 Å². The maximum Gasteiger partial charge on any atom is 0.0622 e. The van der Waals surface area contributed by atoms with Gasteiger partial charge in [-0.05, 0) is 45.1 Å². The van der Waals surface area contributed by atoms with Crippen molar-refractivity contribution < 1.29 is 9.47 Å². The molecule has 0 radical (unpaired) electrons. The summed E-state index contributed by atoms with van der Waals surface area (Å²) in [4.78, 5) is 0. The molecule has 0 heterocycles. The maximum atomic E-state index is 5.55. The molecule has 3 nitrogen and oxygen atoms in total. The molecule has 0 aliphatic heterocycles. The highest BCUT2D eigenvalue weighted by molar-refractivity contribution is 4.80. The third kappa shape index (κ3) is 6.73. The lowest BCUT2D eigenvalue weighted by molar-refractivity contribution is 0.00820. The van der Waals surface area contributed by atoms with Crippen molar-refractivity contribution in [3.05, 3.63) is 0 Å². The van der Waals surface area contributed by atoms with Crippen molar-refractivity contribution in [2.45, 2.75) is 58.0 Å². The molecule has 114 valence electrons. The number of ether oxygens (including phenoxy) is 2. The molecule has 0 saturated heterocycles. The molecule has 1 saturated carbocycles. The van der Waals surface area contributed by atoms with Crippen LogP contribution in [0.4, 0.5) is 0 Å². The number of nitrogens with one attached hydrogen (secondary N) is 1. The van der Waals surface area contributed by atoms with E-state index in [0.29, 0.717) is 0 Å². The lowest BCUT2D eigenvalue weighted by Gasteiger charge is -2.29. The van der Waals surface area contributed by atoms with Crippen LogP contribution in [0.1, 0.15) is 52.4 Å². The highest BCUT2D eigenvalue weighted by atomic mass is 16.5. The first-order valence-electron chi connectivity index (χ1n) is 7.84. The van der Waals surface area contributed by atoms with Crippen molar-refractivity contribution in [2.75, 3.05) is 33.9 Å². The Labute approximate surface area is 119 Å². The van der Waals surface area contributed by atoms with E-state index in [1.165, 1.54) is 32.1 Å². The Balaban J connectivity index is 2.35. The summed E-state index contributed by atoms with van der Waals surface area (Å²) < 4.78 is 10.7. The van der Waals surface area contributed by atoms with Crippen LogP contribution >= 0.6 is 0 Å². The third-order valence-corrected chi connectivity index (χ3v) is 4.63. The second-order valence-electron chi connectivity index (χ2n) is 6.50. The van der Waals surface area contributed by atoms with E-state index in [-0.39, 0.29) is 5.60 Å². The van der Waals surface area contributed by atoms with Crippen LogP contribution in [-0.4, -0.2) is 39.5 Å². The Kier molecular flexibility index (Phi) is 7.96. The predicted octanol–water partition coefficient (Wildman–Crippen LogP) is 3.23. The van der Waals surface area contributed by atoms with Crippen LogP contribution in [0.25, 0.3) is 0 Å². The van der Waals surface area contributed by atoms with Gasteiger partial charge in [-0.25, -0.2) is 0 Å². The fraction of sp³-hybridized carbons (Fsp3) is 1.00. The van der Waals surface area contributed by atoms with E-state index in [2.05, 4.69) is 19.2 Å². The van der Waals surface area contributed by atoms with Crippen molar-refractivity contribution in [1.29, 1.82) is 0 Å². The molecule has 0 spiro atoms. The summed E-state index contributed by atoms with van der Waals surface area (Å²) in [5.41, 5.74) is 0.0172. The van der Waals surface area contributed by atoms with Crippen LogP contribution in [-0.2, 0) is 9.47 Å². The van der Waals surface area contributed by atoms with Gasteiger partial charge in [0.05, 0.1) is 12.2 Å². The molecule has 1 unspecified atom stereocenters. The zero-order valence-corrected chi connectivity index (χ0v) is 13.3. The molecule has 1 aliphatic carbocycles. The Hall–Kier alpha value is -0.120. The normalized spacial score (nSPS) is 18.9. The van der Waals surface area contributed by atoms with Gasteiger partial charge in [0.1, 0.15) is 0 Å². The molecule has 1 aliphatic rings. The van der Waals surface area contributed by atoms with Gasteiger partial charge in [-0.1, -0.05) is 25.7 Å². The first-order valence-corrected chi connectivity index (χ1v) is 7.84. The first kappa shape index (κ1) is 16.9. The van der Waals surface area contributed by atoms with E-state index in [0.717, 1.165) is 38.0 Å². The molecule has 0 aromatic heterocycles. The molecular weight excluding hydrogens is 238 g/mol. The second-order valence-corrected chi connectivity index (χ2v) is 6.50. The topological polar surface area (TPSA) is 30.5 Å². The molecule has 19 heavy (non-hydrogen) atoms. The second kappa shape index (κ2) is 8.93. The molecule has 1 rings (SSSR count). The van der Waals surface area contributed by atoms with E-state index in [4.69, 9.17) is 9.47 Å². The molecule has 0 aromatic carbocycles. The molecule has 0 bridgehead atoms. The van der Waals surface area contributed by atoms with Gasteiger partial charge in [-0.3, -0.25) is 0 Å². The summed E-state index contributed by atoms with van der Waals surface area (Å²) in [6, 6.07) is 0. The van der Waals surface area contributed by atoms with Crippen LogP contribution in [0.3, 0.4) is 0 Å². The van der Waals surface area contributed by atoms with Crippen molar-refractivity contribution in [1.82, 2.24) is 5.32 Å². The highest BCUT2D eigenvalue weighted by Crippen LogP contribution is 2.34. The number of hydrogen-bond acceptors (Lipinski definition) is 3. The largest absolute Gasteiger partial charge is 0.383 e. The zero-order valence-electron chi connectivity index (χ0n) is 13.3. The Bertz CT molecular complexity index is 225. The number of rotatable bonds is 10. The van der Waals surface area contributed by atoms with E-state index < -0.39 is 0 Å². The van der Waals surface area contributed by atoms with Crippen LogP contribution in [0.15, 0.2) is 0 Å². The average Bonchev–Trinajstić information content (AvgIpc) is 2.92. The molecule has 0 aromatic rings. The van der Waals surface area contributed by atoms with E-state index in [1.807, 2.05) is 7.11 Å². The Morgan fingerprint density at radius 1 is 1.21 bits per heavy atom. The van der Waals surface area contributed by atoms with Gasteiger partial charge in [0, 0.05) is 20.8 Å². The lowest BCUT2D eigenvalue weighted by Crippen LogP contribution is -2.32. The fourth-order valence-corrected chi connectivity index (χ4v) is 3.03. The first-order chi connectivity index (χ1) is 9.09. The monoisotopic (exact) mass is 271 g/mol. The molecule has 0 amide bonds. The summed E-state index contributed by atoms with van der Waals surface area (Å²) in [7, 11) is 3.58. The van der Waals surface area contributed by atoms with Crippen molar-refractivity contribution in [3.8, 4) is 0 Å². The van der Waals surface area contributed by atoms with Crippen LogP contribution < -0.4 is 5.32 Å². The third-order valence-electron chi connectivity index (χ3n) is 4.63. The molecule has 1 N–H and O–H groups in total. The minimum atomic E-state index is 0.0172. The van der Waals surface area contributed by atoms with Gasteiger partial charge >= 0.3 is 0 Å². The zero-order chi connectivity index (χ0) is 14.1. The van der Waals surface area contributed by atoms with E-state index >= 15 is 0 Å². The smallest absolute Gasteiger partial charge is 0.0622 e. The van der Waals surface area contributed by atoms with Crippen LogP contribution in [0, 0.1) is 11.8 Å². The van der Waals surface area contributed by atoms with Gasteiger partial charge in [-0.15, -0.1) is 0 Å². The summed E-state index contributed by atoms with van der Waals surface area (Å²) in [5.74, 6) is 1.72. The molecule has 1 atom stereocenters. The maximum absolute atomic E-state index is 5.55. The highest BCUT2D eigenvalue weighted by Gasteiger charge is 2.27. The SMILES string of the molecule is COCCNCC(CCC(C)(C)OC)C1CCCC1. The number of hydrogen-bond donors (Lipinski definition) is 1. The minimum Gasteiger partial charge on any atom is -0.383 e. The lowest BCUT2D eigenvalue weighted by atomic mass is 9.84. The quantitative estimate of drug-likeness (QED) is 0.619. The van der Waals surface area contributed by atoms with E-state index in [9.17, 15) is 0 Å². The minimum absolute atomic E-state index is 0.0172. The standard InChI is InChI=1S/C16H33NO2/c1-16(2,19-4)10-9-15(13-17-11-12-18-3)14-7-5-6-8-14/h14-15,17H,5-13H2,1-4H3. The summed E-state index contributed by atoms with van der Waals surface area (Å²) in [6.45, 7) is 7.29. The van der Waals surface area contributed by atoms with Gasteiger partial charge < -0.3 is 14.8 Å². The van der Waals surface area contributed by atoms with Gasteiger partial charge in [0.2, 0.25) is 0 Å². The Morgan fingerprint density at radius 2 is 1.89 bits per heavy atom. The molecule has 3 heteroatoms. The molecular formula is C16H33NO2. The summed E-state index contributed by atoms with van der Waals surface area (Å²) >= 11 is 0. The van der Waals surface area contributed by atoms with Crippen molar-refractivity contribution >= 4 is 0 Å². The predicted molar refractivity (Wildman–Crippen MR) is 80.5 cm³/mol. The van der Waals surface area contributed by atoms with Gasteiger partial charge in [0.25, 0.3) is 0 Å². The van der Waals surface area contributed by atoms with Crippen molar-refractivity contribution in [3.63, 3.8) is 0 Å². The Morgan fingerprint density at radius 3 is 2.47 bits per heavy atom. The summed E-state index contributed by atoms with van der Waals surface area (Å²) in [6.07, 6.45) is 8.11. The summed E-state index contributed by atoms with van der Waals surface area (Å²) in [5, 5.41) is 3.55. The number of methoxy groups -OCH3 is 2.